The Morgan fingerprint density at radius 3 is 2.58 bits per heavy atom. The Bertz CT molecular complexity index is 895. The maximum Gasteiger partial charge on any atom is 0.178 e. The molecule has 26 heavy (non-hydrogen) atoms. The first kappa shape index (κ1) is 17.4. The quantitative estimate of drug-likeness (QED) is 0.684. The molecular formula is C18H17Cl2N5O. The fraction of sp³-hybridized carbons (Fsp3) is 0.278. The van der Waals surface area contributed by atoms with Gasteiger partial charge in [-0.05, 0) is 40.3 Å². The molecule has 2 aromatic carbocycles. The zero-order valence-corrected chi connectivity index (χ0v) is 15.4. The smallest absolute Gasteiger partial charge is 0.178 e. The molecule has 2 heterocycles. The van der Waals surface area contributed by atoms with E-state index in [2.05, 4.69) is 20.4 Å². The van der Waals surface area contributed by atoms with Gasteiger partial charge in [0.25, 0.3) is 0 Å². The van der Waals surface area contributed by atoms with Crippen molar-refractivity contribution in [3.8, 4) is 5.69 Å². The highest BCUT2D eigenvalue weighted by atomic mass is 35.5. The van der Waals surface area contributed by atoms with Crippen molar-refractivity contribution in [2.24, 2.45) is 0 Å². The Kier molecular flexibility index (Phi) is 5.17. The van der Waals surface area contributed by atoms with Crippen molar-refractivity contribution < 1.29 is 4.74 Å². The van der Waals surface area contributed by atoms with Gasteiger partial charge in [-0.2, -0.15) is 4.68 Å². The monoisotopic (exact) mass is 389 g/mol. The molecule has 0 bridgehead atoms. The van der Waals surface area contributed by atoms with Crippen molar-refractivity contribution in [3.63, 3.8) is 0 Å². The summed E-state index contributed by atoms with van der Waals surface area (Å²) >= 11 is 12.7. The predicted molar refractivity (Wildman–Crippen MR) is 99.9 cm³/mol. The van der Waals surface area contributed by atoms with Crippen LogP contribution >= 0.6 is 23.2 Å². The van der Waals surface area contributed by atoms with Crippen molar-refractivity contribution in [1.29, 1.82) is 0 Å². The molecule has 0 saturated carbocycles. The molecule has 1 aliphatic rings. The highest BCUT2D eigenvalue weighted by Crippen LogP contribution is 2.33. The Morgan fingerprint density at radius 2 is 1.81 bits per heavy atom. The summed E-state index contributed by atoms with van der Waals surface area (Å²) < 4.78 is 7.23. The number of rotatable bonds is 4. The molecule has 0 N–H and O–H groups in total. The Hall–Kier alpha value is -1.99. The lowest BCUT2D eigenvalue weighted by Gasteiger charge is -2.34. The first-order chi connectivity index (χ1) is 12.7. The van der Waals surface area contributed by atoms with Crippen LogP contribution in [0.15, 0.2) is 48.5 Å². The van der Waals surface area contributed by atoms with Crippen molar-refractivity contribution in [1.82, 2.24) is 25.1 Å². The Labute approximate surface area is 161 Å². The molecule has 1 aromatic heterocycles. The van der Waals surface area contributed by atoms with Crippen LogP contribution < -0.4 is 0 Å². The first-order valence-electron chi connectivity index (χ1n) is 8.34. The fourth-order valence-corrected chi connectivity index (χ4v) is 3.61. The van der Waals surface area contributed by atoms with E-state index in [1.54, 1.807) is 4.68 Å². The molecule has 8 heteroatoms. The minimum atomic E-state index is -0.179. The van der Waals surface area contributed by atoms with E-state index >= 15 is 0 Å². The van der Waals surface area contributed by atoms with Crippen LogP contribution in [0.2, 0.25) is 10.0 Å². The Morgan fingerprint density at radius 1 is 1.00 bits per heavy atom. The minimum Gasteiger partial charge on any atom is -0.379 e. The van der Waals surface area contributed by atoms with Crippen LogP contribution in [0.5, 0.6) is 0 Å². The number of tetrazole rings is 1. The summed E-state index contributed by atoms with van der Waals surface area (Å²) in [5.41, 5.74) is 1.77. The molecule has 1 fully saturated rings. The van der Waals surface area contributed by atoms with Crippen LogP contribution in [-0.2, 0) is 4.74 Å². The highest BCUT2D eigenvalue weighted by molar-refractivity contribution is 6.31. The van der Waals surface area contributed by atoms with E-state index in [0.29, 0.717) is 29.1 Å². The molecule has 4 rings (SSSR count). The van der Waals surface area contributed by atoms with Crippen LogP contribution in [-0.4, -0.2) is 51.4 Å². The molecule has 3 aromatic rings. The van der Waals surface area contributed by atoms with Gasteiger partial charge in [0.15, 0.2) is 5.82 Å². The average Bonchev–Trinajstić information content (AvgIpc) is 3.14. The molecule has 1 unspecified atom stereocenters. The third kappa shape index (κ3) is 3.46. The van der Waals surface area contributed by atoms with Gasteiger partial charge in [-0.15, -0.1) is 5.10 Å². The van der Waals surface area contributed by atoms with Crippen molar-refractivity contribution in [3.05, 3.63) is 70.0 Å². The van der Waals surface area contributed by atoms with Crippen molar-refractivity contribution in [2.75, 3.05) is 26.3 Å². The zero-order chi connectivity index (χ0) is 17.9. The van der Waals surface area contributed by atoms with Gasteiger partial charge in [0.05, 0.1) is 24.9 Å². The predicted octanol–water partition coefficient (Wildman–Crippen LogP) is 3.39. The van der Waals surface area contributed by atoms with Gasteiger partial charge in [-0.1, -0.05) is 47.5 Å². The molecule has 0 spiro atoms. The van der Waals surface area contributed by atoms with E-state index in [4.69, 9.17) is 27.9 Å². The molecule has 1 saturated heterocycles. The van der Waals surface area contributed by atoms with Crippen LogP contribution in [0.4, 0.5) is 0 Å². The maximum absolute atomic E-state index is 6.52. The lowest BCUT2D eigenvalue weighted by atomic mass is 10.0. The lowest BCUT2D eigenvalue weighted by molar-refractivity contribution is 0.0220. The van der Waals surface area contributed by atoms with Crippen molar-refractivity contribution >= 4 is 23.2 Å². The zero-order valence-electron chi connectivity index (χ0n) is 13.9. The van der Waals surface area contributed by atoms with Gasteiger partial charge in [0.1, 0.15) is 0 Å². The SMILES string of the molecule is Clc1cccc(-n2nnnc2C(c2ccccc2Cl)N2CCOCC2)c1. The lowest BCUT2D eigenvalue weighted by Crippen LogP contribution is -2.40. The number of halogens is 2. The van der Waals surface area contributed by atoms with Crippen molar-refractivity contribution in [2.45, 2.75) is 6.04 Å². The van der Waals surface area contributed by atoms with Crippen LogP contribution in [0, 0.1) is 0 Å². The number of nitrogens with zero attached hydrogens (tertiary/aromatic N) is 5. The van der Waals surface area contributed by atoms with E-state index in [1.165, 1.54) is 0 Å². The largest absolute Gasteiger partial charge is 0.379 e. The average molecular weight is 390 g/mol. The summed E-state index contributed by atoms with van der Waals surface area (Å²) in [6.45, 7) is 2.88. The van der Waals surface area contributed by atoms with Crippen LogP contribution in [0.1, 0.15) is 17.4 Å². The third-order valence-electron chi connectivity index (χ3n) is 4.40. The van der Waals surface area contributed by atoms with Gasteiger partial charge in [-0.25, -0.2) is 0 Å². The standard InChI is InChI=1S/C18H17Cl2N5O/c19-13-4-3-5-14(12-13)25-18(21-22-23-25)17(24-8-10-26-11-9-24)15-6-1-2-7-16(15)20/h1-7,12,17H,8-11H2. The van der Waals surface area contributed by atoms with Gasteiger partial charge in [0, 0.05) is 23.1 Å². The molecule has 1 atom stereocenters. The van der Waals surface area contributed by atoms with Gasteiger partial charge in [-0.3, -0.25) is 4.90 Å². The minimum absolute atomic E-state index is 0.179. The van der Waals surface area contributed by atoms with Crippen LogP contribution in [0.25, 0.3) is 5.69 Å². The number of aromatic nitrogens is 4. The summed E-state index contributed by atoms with van der Waals surface area (Å²) in [5, 5.41) is 13.8. The molecule has 0 amide bonds. The van der Waals surface area contributed by atoms with E-state index < -0.39 is 0 Å². The van der Waals surface area contributed by atoms with Crippen LogP contribution in [0.3, 0.4) is 0 Å². The summed E-state index contributed by atoms with van der Waals surface area (Å²) in [6.07, 6.45) is 0. The topological polar surface area (TPSA) is 56.1 Å². The van der Waals surface area contributed by atoms with E-state index in [9.17, 15) is 0 Å². The summed E-state index contributed by atoms with van der Waals surface area (Å²) in [5.74, 6) is 0.697. The normalized spacial score (nSPS) is 16.5. The molecule has 0 radical (unpaired) electrons. The molecular weight excluding hydrogens is 373 g/mol. The molecule has 1 aliphatic heterocycles. The highest BCUT2D eigenvalue weighted by Gasteiger charge is 2.31. The fourth-order valence-electron chi connectivity index (χ4n) is 3.19. The van der Waals surface area contributed by atoms with Gasteiger partial charge < -0.3 is 4.74 Å². The summed E-state index contributed by atoms with van der Waals surface area (Å²) in [7, 11) is 0. The second kappa shape index (κ2) is 7.72. The third-order valence-corrected chi connectivity index (χ3v) is 4.98. The first-order valence-corrected chi connectivity index (χ1v) is 9.10. The van der Waals surface area contributed by atoms with Gasteiger partial charge in [0.2, 0.25) is 0 Å². The molecule has 134 valence electrons. The van der Waals surface area contributed by atoms with E-state index in [1.807, 2.05) is 48.5 Å². The molecule has 6 nitrogen and oxygen atoms in total. The molecule has 0 aliphatic carbocycles. The Balaban J connectivity index is 1.83. The number of hydrogen-bond acceptors (Lipinski definition) is 5. The number of hydrogen-bond donors (Lipinski definition) is 0. The number of morpholine rings is 1. The summed E-state index contributed by atoms with van der Waals surface area (Å²) in [6, 6.07) is 15.1. The van der Waals surface area contributed by atoms with E-state index in [0.717, 1.165) is 24.3 Å². The summed E-state index contributed by atoms with van der Waals surface area (Å²) in [4.78, 5) is 2.29. The number of ether oxygens (including phenoxy) is 1. The maximum atomic E-state index is 6.52. The second-order valence-corrected chi connectivity index (χ2v) is 6.84. The second-order valence-electron chi connectivity index (χ2n) is 6.00. The van der Waals surface area contributed by atoms with E-state index in [-0.39, 0.29) is 6.04 Å². The van der Waals surface area contributed by atoms with Gasteiger partial charge >= 0.3 is 0 Å². The number of benzene rings is 2.